The first-order chi connectivity index (χ1) is 9.02. The molecule has 0 bridgehead atoms. The first kappa shape index (κ1) is 14.2. The molecule has 19 heavy (non-hydrogen) atoms. The van der Waals surface area contributed by atoms with Crippen LogP contribution in [0.25, 0.3) is 0 Å². The van der Waals surface area contributed by atoms with Gasteiger partial charge in [0.1, 0.15) is 5.75 Å². The van der Waals surface area contributed by atoms with Gasteiger partial charge in [-0.05, 0) is 36.4 Å². The Kier molecular flexibility index (Phi) is 4.35. The van der Waals surface area contributed by atoms with E-state index in [9.17, 15) is 4.79 Å². The van der Waals surface area contributed by atoms with Crippen LogP contribution < -0.4 is 4.74 Å². The predicted molar refractivity (Wildman–Crippen MR) is 77.9 cm³/mol. The SMILES string of the molecule is COc1ccc(Cl)cc1C(=O)c1ccc(Cl)cc1Cl. The second-order valence-electron chi connectivity index (χ2n) is 3.80. The zero-order valence-electron chi connectivity index (χ0n) is 9.91. The third-order valence-corrected chi connectivity index (χ3v) is 3.36. The van der Waals surface area contributed by atoms with E-state index in [1.807, 2.05) is 0 Å². The Balaban J connectivity index is 2.52. The van der Waals surface area contributed by atoms with Crippen LogP contribution >= 0.6 is 34.8 Å². The minimum absolute atomic E-state index is 0.263. The second-order valence-corrected chi connectivity index (χ2v) is 5.08. The standard InChI is InChI=1S/C14H9Cl3O2/c1-19-13-5-3-8(15)6-11(13)14(18)10-4-2-9(16)7-12(10)17/h2-7H,1H3. The largest absolute Gasteiger partial charge is 0.496 e. The second kappa shape index (κ2) is 5.83. The lowest BCUT2D eigenvalue weighted by atomic mass is 10.0. The number of hydrogen-bond donors (Lipinski definition) is 0. The monoisotopic (exact) mass is 314 g/mol. The summed E-state index contributed by atoms with van der Waals surface area (Å²) >= 11 is 17.7. The molecule has 0 N–H and O–H groups in total. The van der Waals surface area contributed by atoms with E-state index in [0.29, 0.717) is 31.9 Å². The summed E-state index contributed by atoms with van der Waals surface area (Å²) in [5.74, 6) is 0.182. The Hall–Kier alpha value is -1.22. The number of halogens is 3. The number of ketones is 1. The molecule has 0 aliphatic heterocycles. The van der Waals surface area contributed by atoms with E-state index in [1.54, 1.807) is 30.3 Å². The number of rotatable bonds is 3. The van der Waals surface area contributed by atoms with Crippen molar-refractivity contribution < 1.29 is 9.53 Å². The third-order valence-electron chi connectivity index (χ3n) is 2.58. The van der Waals surface area contributed by atoms with E-state index >= 15 is 0 Å². The summed E-state index contributed by atoms with van der Waals surface area (Å²) in [6.45, 7) is 0. The molecule has 0 heterocycles. The van der Waals surface area contributed by atoms with Gasteiger partial charge < -0.3 is 4.74 Å². The molecule has 0 saturated carbocycles. The molecule has 2 nitrogen and oxygen atoms in total. The minimum atomic E-state index is -0.263. The molecule has 0 aliphatic rings. The summed E-state index contributed by atoms with van der Waals surface area (Å²) in [6, 6.07) is 9.55. The van der Waals surface area contributed by atoms with Crippen LogP contribution in [0, 0.1) is 0 Å². The minimum Gasteiger partial charge on any atom is -0.496 e. The van der Waals surface area contributed by atoms with Gasteiger partial charge in [-0.2, -0.15) is 0 Å². The maximum Gasteiger partial charge on any atom is 0.198 e. The van der Waals surface area contributed by atoms with E-state index in [0.717, 1.165) is 0 Å². The average Bonchev–Trinajstić information content (AvgIpc) is 2.38. The first-order valence-electron chi connectivity index (χ1n) is 5.36. The lowest BCUT2D eigenvalue weighted by molar-refractivity contribution is 0.103. The molecule has 98 valence electrons. The van der Waals surface area contributed by atoms with Gasteiger partial charge >= 0.3 is 0 Å². The summed E-state index contributed by atoms with van der Waals surface area (Å²) in [4.78, 5) is 12.4. The predicted octanol–water partition coefficient (Wildman–Crippen LogP) is 4.89. The topological polar surface area (TPSA) is 26.3 Å². The normalized spacial score (nSPS) is 10.3. The van der Waals surface area contributed by atoms with Gasteiger partial charge in [0.25, 0.3) is 0 Å². The third kappa shape index (κ3) is 3.03. The fourth-order valence-electron chi connectivity index (χ4n) is 1.68. The van der Waals surface area contributed by atoms with E-state index in [-0.39, 0.29) is 5.78 Å². The van der Waals surface area contributed by atoms with Crippen LogP contribution in [0.1, 0.15) is 15.9 Å². The Morgan fingerprint density at radius 2 is 1.58 bits per heavy atom. The highest BCUT2D eigenvalue weighted by atomic mass is 35.5. The molecule has 0 radical (unpaired) electrons. The van der Waals surface area contributed by atoms with Crippen molar-refractivity contribution in [3.8, 4) is 5.75 Å². The van der Waals surface area contributed by atoms with Crippen molar-refractivity contribution in [1.29, 1.82) is 0 Å². The van der Waals surface area contributed by atoms with Crippen LogP contribution in [0.5, 0.6) is 5.75 Å². The molecule has 0 fully saturated rings. The summed E-state index contributed by atoms with van der Waals surface area (Å²) in [7, 11) is 1.49. The highest BCUT2D eigenvalue weighted by Gasteiger charge is 2.17. The highest BCUT2D eigenvalue weighted by Crippen LogP contribution is 2.29. The summed E-state index contributed by atoms with van der Waals surface area (Å²) in [5.41, 5.74) is 0.714. The zero-order chi connectivity index (χ0) is 14.0. The molecule has 0 aliphatic carbocycles. The molecule has 0 unspecified atom stereocenters. The number of carbonyl (C=O) groups is 1. The van der Waals surface area contributed by atoms with Gasteiger partial charge in [-0.1, -0.05) is 34.8 Å². The Labute approximate surface area is 125 Å². The van der Waals surface area contributed by atoms with Crippen molar-refractivity contribution in [3.05, 3.63) is 62.6 Å². The van der Waals surface area contributed by atoms with Crippen LogP contribution in [0.3, 0.4) is 0 Å². The van der Waals surface area contributed by atoms with E-state index < -0.39 is 0 Å². The number of benzene rings is 2. The van der Waals surface area contributed by atoms with Crippen LogP contribution in [0.2, 0.25) is 15.1 Å². The van der Waals surface area contributed by atoms with Crippen LogP contribution in [0.15, 0.2) is 36.4 Å². The molecule has 0 atom stereocenters. The van der Waals surface area contributed by atoms with Gasteiger partial charge in [-0.15, -0.1) is 0 Å². The van der Waals surface area contributed by atoms with Gasteiger partial charge in [0, 0.05) is 15.6 Å². The molecular formula is C14H9Cl3O2. The molecule has 0 amide bonds. The Bertz CT molecular complexity index is 639. The van der Waals surface area contributed by atoms with Gasteiger partial charge in [0.15, 0.2) is 5.78 Å². The molecule has 5 heteroatoms. The Morgan fingerprint density at radius 1 is 0.947 bits per heavy atom. The maximum absolute atomic E-state index is 12.4. The number of carbonyl (C=O) groups excluding carboxylic acids is 1. The highest BCUT2D eigenvalue weighted by molar-refractivity contribution is 6.38. The van der Waals surface area contributed by atoms with Crippen molar-refractivity contribution in [3.63, 3.8) is 0 Å². The molecule has 0 spiro atoms. The zero-order valence-corrected chi connectivity index (χ0v) is 12.2. The Morgan fingerprint density at radius 3 is 2.21 bits per heavy atom. The van der Waals surface area contributed by atoms with E-state index in [4.69, 9.17) is 39.5 Å². The molecule has 0 saturated heterocycles. The summed E-state index contributed by atoms with van der Waals surface area (Å²) < 4.78 is 5.16. The van der Waals surface area contributed by atoms with Crippen LogP contribution in [0.4, 0.5) is 0 Å². The average molecular weight is 316 g/mol. The van der Waals surface area contributed by atoms with Crippen molar-refractivity contribution in [2.45, 2.75) is 0 Å². The van der Waals surface area contributed by atoms with Gasteiger partial charge in [-0.3, -0.25) is 4.79 Å². The number of ether oxygens (including phenoxy) is 1. The number of hydrogen-bond acceptors (Lipinski definition) is 2. The fraction of sp³-hybridized carbons (Fsp3) is 0.0714. The van der Waals surface area contributed by atoms with Crippen LogP contribution in [-0.4, -0.2) is 12.9 Å². The van der Waals surface area contributed by atoms with Crippen molar-refractivity contribution in [2.75, 3.05) is 7.11 Å². The summed E-state index contributed by atoms with van der Waals surface area (Å²) in [5, 5.41) is 1.22. The van der Waals surface area contributed by atoms with Crippen molar-refractivity contribution in [1.82, 2.24) is 0 Å². The van der Waals surface area contributed by atoms with E-state index in [2.05, 4.69) is 0 Å². The van der Waals surface area contributed by atoms with Crippen molar-refractivity contribution in [2.24, 2.45) is 0 Å². The van der Waals surface area contributed by atoms with Crippen LogP contribution in [-0.2, 0) is 0 Å². The lowest BCUT2D eigenvalue weighted by Gasteiger charge is -2.09. The number of methoxy groups -OCH3 is 1. The molecule has 2 aromatic carbocycles. The lowest BCUT2D eigenvalue weighted by Crippen LogP contribution is -2.04. The molecule has 2 aromatic rings. The fourth-order valence-corrected chi connectivity index (χ4v) is 2.34. The smallest absolute Gasteiger partial charge is 0.198 e. The quantitative estimate of drug-likeness (QED) is 0.754. The molecule has 0 aromatic heterocycles. The summed E-state index contributed by atoms with van der Waals surface area (Å²) in [6.07, 6.45) is 0. The van der Waals surface area contributed by atoms with Crippen molar-refractivity contribution >= 4 is 40.6 Å². The maximum atomic E-state index is 12.4. The van der Waals surface area contributed by atoms with Gasteiger partial charge in [-0.25, -0.2) is 0 Å². The van der Waals surface area contributed by atoms with Gasteiger partial charge in [0.2, 0.25) is 0 Å². The van der Waals surface area contributed by atoms with Gasteiger partial charge in [0.05, 0.1) is 17.7 Å². The van der Waals surface area contributed by atoms with E-state index in [1.165, 1.54) is 13.2 Å². The first-order valence-corrected chi connectivity index (χ1v) is 6.49. The molecular weight excluding hydrogens is 307 g/mol. The molecule has 2 rings (SSSR count).